The minimum Gasteiger partial charge on any atom is -0.478 e. The van der Waals surface area contributed by atoms with Gasteiger partial charge in [-0.05, 0) is 42.3 Å². The third-order valence-electron chi connectivity index (χ3n) is 2.93. The molecular formula is C14H10FNO4. The second-order valence-electron chi connectivity index (χ2n) is 4.25. The Morgan fingerprint density at radius 3 is 2.50 bits per heavy atom. The Hall–Kier alpha value is -2.76. The molecule has 0 saturated heterocycles. The maximum Gasteiger partial charge on any atom is 0.335 e. The number of hydrogen-bond acceptors (Lipinski definition) is 3. The first-order valence-electron chi connectivity index (χ1n) is 5.68. The van der Waals surface area contributed by atoms with Gasteiger partial charge in [0.1, 0.15) is 5.82 Å². The monoisotopic (exact) mass is 275 g/mol. The van der Waals surface area contributed by atoms with Gasteiger partial charge in [-0.2, -0.15) is 0 Å². The van der Waals surface area contributed by atoms with Crippen LogP contribution in [0.15, 0.2) is 36.4 Å². The molecule has 0 aliphatic rings. The van der Waals surface area contributed by atoms with E-state index in [4.69, 9.17) is 5.11 Å². The standard InChI is InChI=1S/C14H10FNO4/c1-8-2-4-10(15)7-12(8)11-5-3-9(14(17)18)6-13(11)16(19)20/h2-7H,1H3,(H,17,18). The van der Waals surface area contributed by atoms with Gasteiger partial charge in [0.2, 0.25) is 0 Å². The van der Waals surface area contributed by atoms with Crippen molar-refractivity contribution in [1.82, 2.24) is 0 Å². The predicted octanol–water partition coefficient (Wildman–Crippen LogP) is 3.41. The summed E-state index contributed by atoms with van der Waals surface area (Å²) in [7, 11) is 0. The Labute approximate surface area is 113 Å². The van der Waals surface area contributed by atoms with Crippen molar-refractivity contribution >= 4 is 11.7 Å². The zero-order chi connectivity index (χ0) is 14.9. The summed E-state index contributed by atoms with van der Waals surface area (Å²) in [6.07, 6.45) is 0. The zero-order valence-corrected chi connectivity index (χ0v) is 10.5. The molecule has 5 nitrogen and oxygen atoms in total. The van der Waals surface area contributed by atoms with Crippen LogP contribution in [-0.2, 0) is 0 Å². The van der Waals surface area contributed by atoms with Crippen LogP contribution in [0.3, 0.4) is 0 Å². The molecule has 2 rings (SSSR count). The van der Waals surface area contributed by atoms with E-state index in [0.29, 0.717) is 11.1 Å². The minimum atomic E-state index is -1.25. The highest BCUT2D eigenvalue weighted by atomic mass is 19.1. The van der Waals surface area contributed by atoms with Crippen LogP contribution in [-0.4, -0.2) is 16.0 Å². The molecule has 0 bridgehead atoms. The molecule has 2 aromatic rings. The van der Waals surface area contributed by atoms with Gasteiger partial charge in [-0.25, -0.2) is 9.18 Å². The van der Waals surface area contributed by atoms with Gasteiger partial charge in [0.25, 0.3) is 5.69 Å². The van der Waals surface area contributed by atoms with Crippen LogP contribution >= 0.6 is 0 Å². The fourth-order valence-electron chi connectivity index (χ4n) is 1.93. The molecule has 6 heteroatoms. The molecule has 0 unspecified atom stereocenters. The number of benzene rings is 2. The zero-order valence-electron chi connectivity index (χ0n) is 10.5. The average molecular weight is 275 g/mol. The van der Waals surface area contributed by atoms with Crippen LogP contribution in [0.4, 0.5) is 10.1 Å². The number of hydrogen-bond donors (Lipinski definition) is 1. The van der Waals surface area contributed by atoms with E-state index < -0.39 is 16.7 Å². The van der Waals surface area contributed by atoms with Crippen LogP contribution in [0.2, 0.25) is 0 Å². The van der Waals surface area contributed by atoms with Gasteiger partial charge < -0.3 is 5.11 Å². The average Bonchev–Trinajstić information content (AvgIpc) is 2.40. The molecule has 0 amide bonds. The summed E-state index contributed by atoms with van der Waals surface area (Å²) in [6, 6.07) is 7.52. The highest BCUT2D eigenvalue weighted by Crippen LogP contribution is 2.33. The molecule has 0 atom stereocenters. The van der Waals surface area contributed by atoms with Crippen molar-refractivity contribution in [3.8, 4) is 11.1 Å². The van der Waals surface area contributed by atoms with Crippen LogP contribution in [0, 0.1) is 22.9 Å². The second kappa shape index (κ2) is 5.08. The van der Waals surface area contributed by atoms with E-state index in [9.17, 15) is 19.3 Å². The second-order valence-corrected chi connectivity index (χ2v) is 4.25. The summed E-state index contributed by atoms with van der Waals surface area (Å²) < 4.78 is 13.3. The normalized spacial score (nSPS) is 10.3. The van der Waals surface area contributed by atoms with E-state index in [1.165, 1.54) is 30.3 Å². The van der Waals surface area contributed by atoms with Gasteiger partial charge in [0.15, 0.2) is 0 Å². The summed E-state index contributed by atoms with van der Waals surface area (Å²) in [5.74, 6) is -1.77. The number of aryl methyl sites for hydroxylation is 1. The van der Waals surface area contributed by atoms with Crippen molar-refractivity contribution in [1.29, 1.82) is 0 Å². The van der Waals surface area contributed by atoms with Gasteiger partial charge in [0, 0.05) is 6.07 Å². The van der Waals surface area contributed by atoms with Crippen LogP contribution < -0.4 is 0 Å². The van der Waals surface area contributed by atoms with Crippen LogP contribution in [0.25, 0.3) is 11.1 Å². The van der Waals surface area contributed by atoms with Crippen molar-refractivity contribution in [2.24, 2.45) is 0 Å². The molecular weight excluding hydrogens is 265 g/mol. The van der Waals surface area contributed by atoms with Crippen molar-refractivity contribution in [2.45, 2.75) is 6.92 Å². The Balaban J connectivity index is 2.70. The van der Waals surface area contributed by atoms with E-state index in [-0.39, 0.29) is 16.8 Å². The van der Waals surface area contributed by atoms with E-state index in [1.54, 1.807) is 6.92 Å². The Bertz CT molecular complexity index is 712. The van der Waals surface area contributed by atoms with Gasteiger partial charge in [-0.1, -0.05) is 6.07 Å². The van der Waals surface area contributed by atoms with Crippen LogP contribution in [0.5, 0.6) is 0 Å². The first-order valence-corrected chi connectivity index (χ1v) is 5.68. The lowest BCUT2D eigenvalue weighted by Crippen LogP contribution is -2.00. The van der Waals surface area contributed by atoms with Gasteiger partial charge >= 0.3 is 5.97 Å². The summed E-state index contributed by atoms with van der Waals surface area (Å²) in [6.45, 7) is 1.70. The van der Waals surface area contributed by atoms with Crippen molar-refractivity contribution in [3.05, 3.63) is 63.5 Å². The number of nitrogens with zero attached hydrogens (tertiary/aromatic N) is 1. The third-order valence-corrected chi connectivity index (χ3v) is 2.93. The third kappa shape index (κ3) is 2.49. The molecule has 1 N–H and O–H groups in total. The lowest BCUT2D eigenvalue weighted by Gasteiger charge is -2.08. The maximum absolute atomic E-state index is 13.3. The highest BCUT2D eigenvalue weighted by Gasteiger charge is 2.19. The Morgan fingerprint density at radius 1 is 1.20 bits per heavy atom. The van der Waals surface area contributed by atoms with E-state index >= 15 is 0 Å². The number of halogens is 1. The maximum atomic E-state index is 13.3. The fraction of sp³-hybridized carbons (Fsp3) is 0.0714. The number of nitro benzene ring substituents is 1. The molecule has 20 heavy (non-hydrogen) atoms. The molecule has 0 radical (unpaired) electrons. The number of aromatic carboxylic acids is 1. The van der Waals surface area contributed by atoms with Crippen molar-refractivity contribution in [2.75, 3.05) is 0 Å². The quantitative estimate of drug-likeness (QED) is 0.687. The smallest absolute Gasteiger partial charge is 0.335 e. The number of carbonyl (C=O) groups is 1. The summed E-state index contributed by atoms with van der Waals surface area (Å²) >= 11 is 0. The molecule has 0 fully saturated rings. The van der Waals surface area contributed by atoms with Crippen molar-refractivity contribution in [3.63, 3.8) is 0 Å². The molecule has 102 valence electrons. The molecule has 0 aliphatic carbocycles. The van der Waals surface area contributed by atoms with Gasteiger partial charge in [-0.3, -0.25) is 10.1 Å². The number of nitro groups is 1. The van der Waals surface area contributed by atoms with E-state index in [1.807, 2.05) is 0 Å². The number of rotatable bonds is 3. The Morgan fingerprint density at radius 2 is 1.90 bits per heavy atom. The topological polar surface area (TPSA) is 80.4 Å². The predicted molar refractivity (Wildman–Crippen MR) is 70.2 cm³/mol. The first kappa shape index (κ1) is 13.7. The van der Waals surface area contributed by atoms with Crippen LogP contribution in [0.1, 0.15) is 15.9 Å². The molecule has 0 aliphatic heterocycles. The molecule has 0 aromatic heterocycles. The Kier molecular flexibility index (Phi) is 3.47. The number of carboxylic acid groups (broad SMARTS) is 1. The SMILES string of the molecule is Cc1ccc(F)cc1-c1ccc(C(=O)O)cc1[N+](=O)[O-]. The molecule has 0 heterocycles. The lowest BCUT2D eigenvalue weighted by molar-refractivity contribution is -0.384. The highest BCUT2D eigenvalue weighted by molar-refractivity contribution is 5.90. The fourth-order valence-corrected chi connectivity index (χ4v) is 1.93. The molecule has 0 spiro atoms. The van der Waals surface area contributed by atoms with Gasteiger partial charge in [-0.15, -0.1) is 0 Å². The van der Waals surface area contributed by atoms with E-state index in [0.717, 1.165) is 6.07 Å². The molecule has 0 saturated carbocycles. The number of carboxylic acids is 1. The van der Waals surface area contributed by atoms with Crippen molar-refractivity contribution < 1.29 is 19.2 Å². The minimum absolute atomic E-state index is 0.186. The van der Waals surface area contributed by atoms with E-state index in [2.05, 4.69) is 0 Å². The first-order chi connectivity index (χ1) is 9.40. The van der Waals surface area contributed by atoms with Gasteiger partial charge in [0.05, 0.1) is 16.1 Å². The summed E-state index contributed by atoms with van der Waals surface area (Å²) in [5.41, 5.74) is 0.677. The largest absolute Gasteiger partial charge is 0.478 e. The lowest BCUT2D eigenvalue weighted by atomic mass is 9.97. The summed E-state index contributed by atoms with van der Waals surface area (Å²) in [4.78, 5) is 21.3. The molecule has 2 aromatic carbocycles. The summed E-state index contributed by atoms with van der Waals surface area (Å²) in [5, 5.41) is 20.0.